The number of anilines is 1. The van der Waals surface area contributed by atoms with Crippen LogP contribution >= 0.6 is 0 Å². The van der Waals surface area contributed by atoms with Crippen molar-refractivity contribution in [2.75, 3.05) is 19.0 Å². The second-order valence-corrected chi connectivity index (χ2v) is 5.94. The van der Waals surface area contributed by atoms with Crippen LogP contribution in [0.2, 0.25) is 0 Å². The first-order chi connectivity index (χ1) is 14.1. The molecule has 0 aliphatic rings. The zero-order valence-corrected chi connectivity index (χ0v) is 15.8. The van der Waals surface area contributed by atoms with Gasteiger partial charge in [0.2, 0.25) is 0 Å². The Balaban J connectivity index is 0.000000396. The van der Waals surface area contributed by atoms with E-state index in [2.05, 4.69) is 10.3 Å². The molecule has 11 heteroatoms. The van der Waals surface area contributed by atoms with Gasteiger partial charge in [-0.05, 0) is 18.2 Å². The maximum atomic E-state index is 12.0. The van der Waals surface area contributed by atoms with Crippen molar-refractivity contribution >= 4 is 17.4 Å². The highest BCUT2D eigenvalue weighted by Crippen LogP contribution is 2.23. The highest BCUT2D eigenvalue weighted by atomic mass is 19.4. The summed E-state index contributed by atoms with van der Waals surface area (Å²) in [7, 11) is 1.62. The van der Waals surface area contributed by atoms with Gasteiger partial charge in [0.25, 0.3) is 5.56 Å². The standard InChI is InChI=1S/C17H18N4O2.C2HF3O2/c1-23-14-7-3-2-6-12(14)13(18)11-19-15-10-17(22)21-9-5-4-8-16(21)20-15;3-2(4,5)1(6)7/h2-10,13,19H,11,18H2,1H3;(H,6,7). The number of rotatable bonds is 5. The maximum Gasteiger partial charge on any atom is 0.490 e. The molecule has 3 aromatic rings. The number of hydrogen-bond donors (Lipinski definition) is 3. The molecule has 1 unspecified atom stereocenters. The molecule has 1 atom stereocenters. The van der Waals surface area contributed by atoms with Gasteiger partial charge in [0.15, 0.2) is 0 Å². The Kier molecular flexibility index (Phi) is 7.37. The normalized spacial score (nSPS) is 11.9. The molecular formula is C19H19F3N4O4. The number of nitrogens with one attached hydrogen (secondary N) is 1. The van der Waals surface area contributed by atoms with Crippen LogP contribution in [0.1, 0.15) is 11.6 Å². The Bertz CT molecular complexity index is 1070. The fourth-order valence-electron chi connectivity index (χ4n) is 2.44. The maximum absolute atomic E-state index is 12.0. The number of alkyl halides is 3. The fraction of sp³-hybridized carbons (Fsp3) is 0.211. The fourth-order valence-corrected chi connectivity index (χ4v) is 2.44. The molecule has 2 aromatic heterocycles. The summed E-state index contributed by atoms with van der Waals surface area (Å²) in [5.41, 5.74) is 7.57. The second-order valence-electron chi connectivity index (χ2n) is 5.94. The van der Waals surface area contributed by atoms with Crippen molar-refractivity contribution in [1.29, 1.82) is 0 Å². The number of nitrogens with zero attached hydrogens (tertiary/aromatic N) is 2. The first-order valence-corrected chi connectivity index (χ1v) is 8.54. The zero-order chi connectivity index (χ0) is 22.3. The molecule has 30 heavy (non-hydrogen) atoms. The molecule has 0 aliphatic heterocycles. The summed E-state index contributed by atoms with van der Waals surface area (Å²) in [6.07, 6.45) is -3.39. The number of pyridine rings is 1. The van der Waals surface area contributed by atoms with Crippen LogP contribution < -0.4 is 21.3 Å². The number of benzene rings is 1. The van der Waals surface area contributed by atoms with Crippen molar-refractivity contribution in [3.63, 3.8) is 0 Å². The summed E-state index contributed by atoms with van der Waals surface area (Å²) in [6.45, 7) is 0.440. The number of methoxy groups -OCH3 is 1. The van der Waals surface area contributed by atoms with Crippen molar-refractivity contribution in [3.8, 4) is 5.75 Å². The third kappa shape index (κ3) is 5.95. The Hall–Kier alpha value is -3.60. The lowest BCUT2D eigenvalue weighted by Crippen LogP contribution is -2.23. The summed E-state index contributed by atoms with van der Waals surface area (Å²) in [5, 5.41) is 10.2. The quantitative estimate of drug-likeness (QED) is 0.576. The molecule has 0 radical (unpaired) electrons. The summed E-state index contributed by atoms with van der Waals surface area (Å²) < 4.78 is 38.5. The van der Waals surface area contributed by atoms with Gasteiger partial charge in [0.1, 0.15) is 17.2 Å². The first kappa shape index (κ1) is 22.7. The minimum atomic E-state index is -5.08. The van der Waals surface area contributed by atoms with Crippen LogP contribution in [0, 0.1) is 0 Å². The average molecular weight is 424 g/mol. The number of fused-ring (bicyclic) bond motifs is 1. The number of carboxylic acid groups (broad SMARTS) is 1. The van der Waals surface area contributed by atoms with Crippen LogP contribution in [0.25, 0.3) is 5.65 Å². The van der Waals surface area contributed by atoms with Crippen molar-refractivity contribution in [2.24, 2.45) is 5.73 Å². The number of nitrogens with two attached hydrogens (primary N) is 1. The number of halogens is 3. The molecule has 1 aromatic carbocycles. The molecule has 4 N–H and O–H groups in total. The number of aliphatic carboxylic acids is 1. The highest BCUT2D eigenvalue weighted by Gasteiger charge is 2.38. The minimum Gasteiger partial charge on any atom is -0.496 e. The monoisotopic (exact) mass is 424 g/mol. The number of ether oxygens (including phenoxy) is 1. The van der Waals surface area contributed by atoms with E-state index < -0.39 is 12.1 Å². The van der Waals surface area contributed by atoms with Gasteiger partial charge in [0, 0.05) is 24.4 Å². The SMILES string of the molecule is COc1ccccc1C(N)CNc1cc(=O)n2ccccc2n1.O=C(O)C(F)(F)F. The molecule has 2 heterocycles. The van der Waals surface area contributed by atoms with Gasteiger partial charge >= 0.3 is 12.1 Å². The van der Waals surface area contributed by atoms with E-state index in [4.69, 9.17) is 20.4 Å². The predicted octanol–water partition coefficient (Wildman–Crippen LogP) is 2.45. The zero-order valence-electron chi connectivity index (χ0n) is 15.8. The Morgan fingerprint density at radius 3 is 2.53 bits per heavy atom. The van der Waals surface area contributed by atoms with E-state index in [1.165, 1.54) is 10.5 Å². The Morgan fingerprint density at radius 1 is 1.27 bits per heavy atom. The average Bonchev–Trinajstić information content (AvgIpc) is 2.71. The van der Waals surface area contributed by atoms with Crippen molar-refractivity contribution in [2.45, 2.75) is 12.2 Å². The summed E-state index contributed by atoms with van der Waals surface area (Å²) in [4.78, 5) is 25.4. The molecule has 160 valence electrons. The predicted molar refractivity (Wildman–Crippen MR) is 104 cm³/mol. The highest BCUT2D eigenvalue weighted by molar-refractivity contribution is 5.73. The number of para-hydroxylation sites is 1. The number of carbonyl (C=O) groups is 1. The van der Waals surface area contributed by atoms with E-state index in [0.29, 0.717) is 18.0 Å². The van der Waals surface area contributed by atoms with E-state index in [9.17, 15) is 18.0 Å². The third-order valence-corrected chi connectivity index (χ3v) is 3.85. The number of carboxylic acids is 1. The van der Waals surface area contributed by atoms with Gasteiger partial charge in [-0.3, -0.25) is 9.20 Å². The van der Waals surface area contributed by atoms with Crippen molar-refractivity contribution in [1.82, 2.24) is 9.38 Å². The van der Waals surface area contributed by atoms with Crippen LogP contribution in [0.3, 0.4) is 0 Å². The molecule has 0 bridgehead atoms. The van der Waals surface area contributed by atoms with Crippen LogP contribution in [-0.2, 0) is 4.79 Å². The molecule has 0 aliphatic carbocycles. The summed E-state index contributed by atoms with van der Waals surface area (Å²) >= 11 is 0. The van der Waals surface area contributed by atoms with E-state index in [0.717, 1.165) is 11.3 Å². The smallest absolute Gasteiger partial charge is 0.490 e. The van der Waals surface area contributed by atoms with Gasteiger partial charge in [0.05, 0.1) is 13.2 Å². The summed E-state index contributed by atoms with van der Waals surface area (Å²) in [5.74, 6) is -1.51. The van der Waals surface area contributed by atoms with Gasteiger partial charge in [-0.25, -0.2) is 9.78 Å². The van der Waals surface area contributed by atoms with Crippen LogP contribution in [0.4, 0.5) is 19.0 Å². The number of aromatic nitrogens is 2. The Morgan fingerprint density at radius 2 is 1.90 bits per heavy atom. The molecule has 0 spiro atoms. The largest absolute Gasteiger partial charge is 0.496 e. The van der Waals surface area contributed by atoms with Gasteiger partial charge in [-0.2, -0.15) is 13.2 Å². The first-order valence-electron chi connectivity index (χ1n) is 8.54. The van der Waals surface area contributed by atoms with Crippen molar-refractivity contribution < 1.29 is 27.8 Å². The molecule has 0 saturated heterocycles. The van der Waals surface area contributed by atoms with E-state index >= 15 is 0 Å². The van der Waals surface area contributed by atoms with E-state index in [-0.39, 0.29) is 11.6 Å². The van der Waals surface area contributed by atoms with Gasteiger partial charge < -0.3 is 20.9 Å². The summed E-state index contributed by atoms with van der Waals surface area (Å²) in [6, 6.07) is 14.2. The van der Waals surface area contributed by atoms with E-state index in [1.54, 1.807) is 25.4 Å². The Labute approximate surface area is 168 Å². The van der Waals surface area contributed by atoms with Gasteiger partial charge in [-0.15, -0.1) is 0 Å². The van der Waals surface area contributed by atoms with Gasteiger partial charge in [-0.1, -0.05) is 24.3 Å². The molecule has 3 rings (SSSR count). The van der Waals surface area contributed by atoms with Crippen LogP contribution in [-0.4, -0.2) is 40.3 Å². The lowest BCUT2D eigenvalue weighted by atomic mass is 10.1. The topological polar surface area (TPSA) is 119 Å². The molecule has 0 saturated carbocycles. The molecule has 0 amide bonds. The minimum absolute atomic E-state index is 0.135. The molecular weight excluding hydrogens is 405 g/mol. The van der Waals surface area contributed by atoms with Crippen LogP contribution in [0.5, 0.6) is 5.75 Å². The third-order valence-electron chi connectivity index (χ3n) is 3.85. The lowest BCUT2D eigenvalue weighted by molar-refractivity contribution is -0.192. The van der Waals surface area contributed by atoms with Crippen molar-refractivity contribution in [3.05, 3.63) is 70.6 Å². The molecule has 0 fully saturated rings. The second kappa shape index (κ2) is 9.74. The number of hydrogen-bond acceptors (Lipinski definition) is 6. The van der Waals surface area contributed by atoms with Crippen LogP contribution in [0.15, 0.2) is 59.5 Å². The lowest BCUT2D eigenvalue weighted by Gasteiger charge is -2.16. The van der Waals surface area contributed by atoms with E-state index in [1.807, 2.05) is 30.3 Å². The molecule has 8 nitrogen and oxygen atoms in total.